The molecule has 0 aliphatic heterocycles. The van der Waals surface area contributed by atoms with Crippen molar-refractivity contribution < 1.29 is 15.0 Å². The number of carbonyl (C=O) groups is 1. The summed E-state index contributed by atoms with van der Waals surface area (Å²) in [5, 5.41) is 21.4. The van der Waals surface area contributed by atoms with E-state index in [2.05, 4.69) is 0 Å². The predicted octanol–water partition coefficient (Wildman–Crippen LogP) is 3.89. The molecular formula is C19H13NO3. The van der Waals surface area contributed by atoms with Gasteiger partial charge in [-0.05, 0) is 18.2 Å². The number of fused-ring (bicyclic) bond motifs is 3. The Labute approximate surface area is 131 Å². The summed E-state index contributed by atoms with van der Waals surface area (Å²) in [6, 6.07) is 19.1. The predicted molar refractivity (Wildman–Crippen MR) is 88.9 cm³/mol. The minimum absolute atomic E-state index is 0.0455. The van der Waals surface area contributed by atoms with Crippen LogP contribution in [0.3, 0.4) is 0 Å². The van der Waals surface area contributed by atoms with E-state index in [1.54, 1.807) is 24.3 Å². The number of rotatable bonds is 1. The molecule has 0 bridgehead atoms. The Hall–Kier alpha value is -3.27. The molecule has 0 aliphatic rings. The van der Waals surface area contributed by atoms with E-state index in [-0.39, 0.29) is 17.4 Å². The number of hydrogen-bond donors (Lipinski definition) is 2. The molecule has 0 aliphatic carbocycles. The van der Waals surface area contributed by atoms with Crippen LogP contribution in [-0.2, 0) is 0 Å². The minimum atomic E-state index is -0.207. The number of carbonyl (C=O) groups excluding carboxylic acids is 1. The smallest absolute Gasteiger partial charge is 0.262 e. The second-order valence-electron chi connectivity index (χ2n) is 5.38. The second kappa shape index (κ2) is 4.88. The zero-order valence-corrected chi connectivity index (χ0v) is 12.1. The number of benzene rings is 3. The molecule has 4 nitrogen and oxygen atoms in total. The van der Waals surface area contributed by atoms with E-state index in [9.17, 15) is 15.0 Å². The number of phenolic OH excluding ortho intramolecular Hbond substituents is 2. The van der Waals surface area contributed by atoms with Crippen LogP contribution in [0.4, 0.5) is 0 Å². The molecule has 3 aromatic carbocycles. The first-order valence-corrected chi connectivity index (χ1v) is 7.21. The van der Waals surface area contributed by atoms with Crippen molar-refractivity contribution in [1.82, 2.24) is 4.57 Å². The minimum Gasteiger partial charge on any atom is -0.508 e. The van der Waals surface area contributed by atoms with E-state index in [1.165, 1.54) is 16.7 Å². The van der Waals surface area contributed by atoms with Crippen molar-refractivity contribution in [3.63, 3.8) is 0 Å². The van der Waals surface area contributed by atoms with Gasteiger partial charge in [-0.1, -0.05) is 36.4 Å². The molecule has 0 atom stereocenters. The third kappa shape index (κ3) is 1.96. The fraction of sp³-hybridized carbons (Fsp3) is 0. The molecule has 1 heterocycles. The lowest BCUT2D eigenvalue weighted by Crippen LogP contribution is -2.11. The first kappa shape index (κ1) is 13.4. The van der Waals surface area contributed by atoms with Crippen LogP contribution in [0.15, 0.2) is 66.7 Å². The first-order valence-electron chi connectivity index (χ1n) is 7.21. The molecular weight excluding hydrogens is 290 g/mol. The van der Waals surface area contributed by atoms with Crippen molar-refractivity contribution in [2.24, 2.45) is 0 Å². The van der Waals surface area contributed by atoms with Crippen LogP contribution < -0.4 is 0 Å². The standard InChI is InChI=1S/C19H13NO3/c21-13-10-16-18(17(22)11-13)14-8-4-5-9-15(14)20(16)19(23)12-6-2-1-3-7-12/h1-11,21-22H. The molecule has 4 aromatic rings. The van der Waals surface area contributed by atoms with E-state index in [0.717, 1.165) is 5.39 Å². The van der Waals surface area contributed by atoms with Crippen LogP contribution in [0.5, 0.6) is 11.5 Å². The van der Waals surface area contributed by atoms with Gasteiger partial charge in [0.1, 0.15) is 11.5 Å². The molecule has 4 heteroatoms. The lowest BCUT2D eigenvalue weighted by Gasteiger charge is -2.06. The monoisotopic (exact) mass is 303 g/mol. The molecule has 1 aromatic heterocycles. The average molecular weight is 303 g/mol. The van der Waals surface area contributed by atoms with Crippen LogP contribution in [0.1, 0.15) is 10.4 Å². The van der Waals surface area contributed by atoms with Crippen molar-refractivity contribution in [2.75, 3.05) is 0 Å². The van der Waals surface area contributed by atoms with Gasteiger partial charge in [-0.3, -0.25) is 9.36 Å². The lowest BCUT2D eigenvalue weighted by atomic mass is 10.1. The summed E-state index contributed by atoms with van der Waals surface area (Å²) in [5.74, 6) is -0.336. The van der Waals surface area contributed by atoms with E-state index in [1.807, 2.05) is 30.3 Å². The van der Waals surface area contributed by atoms with Crippen LogP contribution in [-0.4, -0.2) is 20.7 Å². The normalized spacial score (nSPS) is 11.1. The van der Waals surface area contributed by atoms with Gasteiger partial charge in [0.15, 0.2) is 0 Å². The summed E-state index contributed by atoms with van der Waals surface area (Å²) in [6.45, 7) is 0. The summed E-state index contributed by atoms with van der Waals surface area (Å²) in [5.41, 5.74) is 1.72. The third-order valence-electron chi connectivity index (χ3n) is 3.96. The van der Waals surface area contributed by atoms with Crippen LogP contribution >= 0.6 is 0 Å². The van der Waals surface area contributed by atoms with Gasteiger partial charge in [0, 0.05) is 23.1 Å². The van der Waals surface area contributed by atoms with Crippen LogP contribution in [0.25, 0.3) is 21.8 Å². The summed E-state index contributed by atoms with van der Waals surface area (Å²) in [6.07, 6.45) is 0. The highest BCUT2D eigenvalue weighted by atomic mass is 16.3. The fourth-order valence-corrected chi connectivity index (χ4v) is 2.99. The molecule has 0 saturated carbocycles. The van der Waals surface area contributed by atoms with E-state index < -0.39 is 0 Å². The highest BCUT2D eigenvalue weighted by Gasteiger charge is 2.19. The van der Waals surface area contributed by atoms with E-state index >= 15 is 0 Å². The first-order chi connectivity index (χ1) is 11.2. The molecule has 0 amide bonds. The maximum Gasteiger partial charge on any atom is 0.262 e. The number of aromatic nitrogens is 1. The van der Waals surface area contributed by atoms with Gasteiger partial charge in [0.05, 0.1) is 16.4 Å². The molecule has 0 spiro atoms. The summed E-state index contributed by atoms with van der Waals surface area (Å²) < 4.78 is 1.53. The molecule has 0 saturated heterocycles. The maximum absolute atomic E-state index is 13.0. The number of hydrogen-bond acceptors (Lipinski definition) is 3. The Morgan fingerprint density at radius 2 is 1.52 bits per heavy atom. The highest BCUT2D eigenvalue weighted by Crippen LogP contribution is 2.38. The number of aromatic hydroxyl groups is 2. The highest BCUT2D eigenvalue weighted by molar-refractivity contribution is 6.18. The zero-order chi connectivity index (χ0) is 16.0. The van der Waals surface area contributed by atoms with Crippen molar-refractivity contribution in [3.8, 4) is 11.5 Å². The average Bonchev–Trinajstić information content (AvgIpc) is 2.89. The second-order valence-corrected chi connectivity index (χ2v) is 5.38. The lowest BCUT2D eigenvalue weighted by molar-refractivity contribution is 0.0969. The fourth-order valence-electron chi connectivity index (χ4n) is 2.99. The van der Waals surface area contributed by atoms with Gasteiger partial charge in [0.2, 0.25) is 0 Å². The Bertz CT molecular complexity index is 1050. The Balaban J connectivity index is 2.14. The molecule has 0 unspecified atom stereocenters. The SMILES string of the molecule is O=C(c1ccccc1)n1c2ccccc2c2c(O)cc(O)cc21. The number of para-hydroxylation sites is 1. The molecule has 0 fully saturated rings. The molecule has 0 radical (unpaired) electrons. The maximum atomic E-state index is 13.0. The van der Waals surface area contributed by atoms with E-state index in [0.29, 0.717) is 22.0 Å². The quantitative estimate of drug-likeness (QED) is 0.560. The molecule has 2 N–H and O–H groups in total. The van der Waals surface area contributed by atoms with Crippen LogP contribution in [0, 0.1) is 0 Å². The van der Waals surface area contributed by atoms with Gasteiger partial charge in [-0.25, -0.2) is 0 Å². The summed E-state index contributed by atoms with van der Waals surface area (Å²) in [7, 11) is 0. The van der Waals surface area contributed by atoms with Crippen LogP contribution in [0.2, 0.25) is 0 Å². The van der Waals surface area contributed by atoms with Crippen molar-refractivity contribution in [1.29, 1.82) is 0 Å². The largest absolute Gasteiger partial charge is 0.508 e. The summed E-state index contributed by atoms with van der Waals surface area (Å²) in [4.78, 5) is 13.0. The van der Waals surface area contributed by atoms with E-state index in [4.69, 9.17) is 0 Å². The van der Waals surface area contributed by atoms with Crippen molar-refractivity contribution in [2.45, 2.75) is 0 Å². The van der Waals surface area contributed by atoms with Crippen molar-refractivity contribution in [3.05, 3.63) is 72.3 Å². The Morgan fingerprint density at radius 3 is 2.30 bits per heavy atom. The van der Waals surface area contributed by atoms with Gasteiger partial charge >= 0.3 is 0 Å². The van der Waals surface area contributed by atoms with Gasteiger partial charge in [-0.2, -0.15) is 0 Å². The van der Waals surface area contributed by atoms with Gasteiger partial charge < -0.3 is 10.2 Å². The zero-order valence-electron chi connectivity index (χ0n) is 12.1. The Morgan fingerprint density at radius 1 is 0.826 bits per heavy atom. The summed E-state index contributed by atoms with van der Waals surface area (Å²) >= 11 is 0. The Kier molecular flexibility index (Phi) is 2.84. The number of phenols is 2. The number of nitrogens with zero attached hydrogens (tertiary/aromatic N) is 1. The molecule has 23 heavy (non-hydrogen) atoms. The molecule has 4 rings (SSSR count). The van der Waals surface area contributed by atoms with Gasteiger partial charge in [-0.15, -0.1) is 0 Å². The van der Waals surface area contributed by atoms with Gasteiger partial charge in [0.25, 0.3) is 5.91 Å². The topological polar surface area (TPSA) is 62.5 Å². The van der Waals surface area contributed by atoms with Crippen molar-refractivity contribution >= 4 is 27.7 Å². The molecule has 112 valence electrons. The third-order valence-corrected chi connectivity index (χ3v) is 3.96.